The van der Waals surface area contributed by atoms with Crippen LogP contribution < -0.4 is 10.6 Å². The zero-order valence-electron chi connectivity index (χ0n) is 12.0. The van der Waals surface area contributed by atoms with E-state index in [2.05, 4.69) is 17.6 Å². The van der Waals surface area contributed by atoms with Gasteiger partial charge in [0.2, 0.25) is 0 Å². The van der Waals surface area contributed by atoms with Crippen molar-refractivity contribution in [3.63, 3.8) is 0 Å². The van der Waals surface area contributed by atoms with Crippen LogP contribution in [0.15, 0.2) is 0 Å². The van der Waals surface area contributed by atoms with E-state index in [0.717, 1.165) is 29.8 Å². The fourth-order valence-corrected chi connectivity index (χ4v) is 4.78. The Bertz CT molecular complexity index is 260. The van der Waals surface area contributed by atoms with Crippen LogP contribution in [0.2, 0.25) is 0 Å². The molecule has 3 aliphatic rings. The van der Waals surface area contributed by atoms with E-state index >= 15 is 0 Å². The van der Waals surface area contributed by atoms with Crippen LogP contribution in [-0.4, -0.2) is 25.2 Å². The number of nitrogens with one attached hydrogen (secondary N) is 2. The molecule has 3 rings (SSSR count). The van der Waals surface area contributed by atoms with Crippen molar-refractivity contribution in [2.75, 3.05) is 13.1 Å². The second-order valence-corrected chi connectivity index (χ2v) is 7.09. The topological polar surface area (TPSA) is 24.1 Å². The zero-order valence-corrected chi connectivity index (χ0v) is 12.0. The Labute approximate surface area is 112 Å². The highest BCUT2D eigenvalue weighted by atomic mass is 14.9. The van der Waals surface area contributed by atoms with E-state index in [9.17, 15) is 0 Å². The first kappa shape index (κ1) is 12.9. The minimum absolute atomic E-state index is 0.830. The van der Waals surface area contributed by atoms with Gasteiger partial charge in [0.05, 0.1) is 0 Å². The third-order valence-electron chi connectivity index (χ3n) is 5.60. The predicted molar refractivity (Wildman–Crippen MR) is 76.7 cm³/mol. The van der Waals surface area contributed by atoms with Gasteiger partial charge < -0.3 is 10.6 Å². The van der Waals surface area contributed by atoms with Crippen LogP contribution in [0.1, 0.15) is 58.3 Å². The van der Waals surface area contributed by atoms with E-state index in [4.69, 9.17) is 0 Å². The molecule has 3 fully saturated rings. The van der Waals surface area contributed by atoms with E-state index in [-0.39, 0.29) is 0 Å². The monoisotopic (exact) mass is 250 g/mol. The van der Waals surface area contributed by atoms with Crippen molar-refractivity contribution in [2.24, 2.45) is 17.8 Å². The van der Waals surface area contributed by atoms with Crippen molar-refractivity contribution in [3.8, 4) is 0 Å². The molecule has 0 radical (unpaired) electrons. The SMILES string of the molecule is C[C@@H]1C[C@@H](C[C@@H]2CCCCN2)C2CCCN[C@@H]2C1. The van der Waals surface area contributed by atoms with Gasteiger partial charge in [0.1, 0.15) is 0 Å². The standard InChI is InChI=1S/C16H30N2/c1-12-9-13(11-14-5-2-3-7-17-14)15-6-4-8-18-16(15)10-12/h12-18H,2-11H2,1H3/t12-,13+,14+,15?,16-/m1/s1. The van der Waals surface area contributed by atoms with Crippen molar-refractivity contribution >= 4 is 0 Å². The van der Waals surface area contributed by atoms with E-state index in [0.29, 0.717) is 0 Å². The molecule has 1 unspecified atom stereocenters. The molecule has 2 heterocycles. The molecule has 1 aliphatic carbocycles. The molecule has 2 heteroatoms. The average Bonchev–Trinajstić information content (AvgIpc) is 2.40. The molecular formula is C16H30N2. The summed E-state index contributed by atoms with van der Waals surface area (Å²) in [5.41, 5.74) is 0. The van der Waals surface area contributed by atoms with Crippen LogP contribution in [0.25, 0.3) is 0 Å². The summed E-state index contributed by atoms with van der Waals surface area (Å²) in [6.45, 7) is 5.00. The predicted octanol–water partition coefficient (Wildman–Crippen LogP) is 2.93. The molecule has 2 saturated heterocycles. The second kappa shape index (κ2) is 5.92. The Morgan fingerprint density at radius 2 is 1.83 bits per heavy atom. The minimum Gasteiger partial charge on any atom is -0.314 e. The molecule has 0 aromatic carbocycles. The van der Waals surface area contributed by atoms with Gasteiger partial charge in [-0.15, -0.1) is 0 Å². The normalized spacial score (nSPS) is 45.5. The molecular weight excluding hydrogens is 220 g/mol. The van der Waals surface area contributed by atoms with Crippen LogP contribution in [0.5, 0.6) is 0 Å². The van der Waals surface area contributed by atoms with Gasteiger partial charge in [0.25, 0.3) is 0 Å². The van der Waals surface area contributed by atoms with Crippen LogP contribution >= 0.6 is 0 Å². The van der Waals surface area contributed by atoms with Gasteiger partial charge in [-0.2, -0.15) is 0 Å². The Kier molecular flexibility index (Phi) is 4.25. The average molecular weight is 250 g/mol. The quantitative estimate of drug-likeness (QED) is 0.787. The van der Waals surface area contributed by atoms with Gasteiger partial charge in [-0.1, -0.05) is 13.3 Å². The maximum Gasteiger partial charge on any atom is 0.0100 e. The maximum absolute atomic E-state index is 3.80. The summed E-state index contributed by atoms with van der Waals surface area (Å²) in [6.07, 6.45) is 11.5. The zero-order chi connectivity index (χ0) is 12.4. The highest BCUT2D eigenvalue weighted by Gasteiger charge is 2.38. The number of hydrogen-bond acceptors (Lipinski definition) is 2. The smallest absolute Gasteiger partial charge is 0.0100 e. The molecule has 2 aliphatic heterocycles. The maximum atomic E-state index is 3.80. The first-order valence-electron chi connectivity index (χ1n) is 8.29. The molecule has 0 spiro atoms. The van der Waals surface area contributed by atoms with E-state index < -0.39 is 0 Å². The van der Waals surface area contributed by atoms with E-state index in [1.54, 1.807) is 0 Å². The van der Waals surface area contributed by atoms with Crippen molar-refractivity contribution in [1.82, 2.24) is 10.6 Å². The fraction of sp³-hybridized carbons (Fsp3) is 1.00. The summed E-state index contributed by atoms with van der Waals surface area (Å²) >= 11 is 0. The summed E-state index contributed by atoms with van der Waals surface area (Å²) in [7, 11) is 0. The van der Waals surface area contributed by atoms with Crippen LogP contribution in [-0.2, 0) is 0 Å². The Hall–Kier alpha value is -0.0800. The molecule has 0 bridgehead atoms. The molecule has 2 N–H and O–H groups in total. The van der Waals surface area contributed by atoms with Crippen molar-refractivity contribution in [2.45, 2.75) is 70.4 Å². The lowest BCUT2D eigenvalue weighted by Crippen LogP contribution is -2.50. The minimum atomic E-state index is 0.830. The molecule has 0 aromatic rings. The largest absolute Gasteiger partial charge is 0.314 e. The molecule has 18 heavy (non-hydrogen) atoms. The van der Waals surface area contributed by atoms with Gasteiger partial charge in [0, 0.05) is 12.1 Å². The van der Waals surface area contributed by atoms with Gasteiger partial charge >= 0.3 is 0 Å². The summed E-state index contributed by atoms with van der Waals surface area (Å²) in [5, 5.41) is 7.55. The van der Waals surface area contributed by atoms with Gasteiger partial charge in [-0.05, 0) is 75.8 Å². The van der Waals surface area contributed by atoms with E-state index in [1.807, 2.05) is 0 Å². The molecule has 0 aromatic heterocycles. The lowest BCUT2D eigenvalue weighted by Gasteiger charge is -2.45. The second-order valence-electron chi connectivity index (χ2n) is 7.09. The van der Waals surface area contributed by atoms with Crippen molar-refractivity contribution in [1.29, 1.82) is 0 Å². The molecule has 104 valence electrons. The highest BCUT2D eigenvalue weighted by Crippen LogP contribution is 2.41. The van der Waals surface area contributed by atoms with E-state index in [1.165, 1.54) is 64.5 Å². The summed E-state index contributed by atoms with van der Waals surface area (Å²) in [5.74, 6) is 2.91. The number of hydrogen-bond donors (Lipinski definition) is 2. The Morgan fingerprint density at radius 1 is 0.944 bits per heavy atom. The first-order valence-corrected chi connectivity index (χ1v) is 8.29. The highest BCUT2D eigenvalue weighted by molar-refractivity contribution is 4.93. The van der Waals surface area contributed by atoms with Crippen molar-refractivity contribution in [3.05, 3.63) is 0 Å². The summed E-state index contributed by atoms with van der Waals surface area (Å²) in [6, 6.07) is 1.67. The van der Waals surface area contributed by atoms with Gasteiger partial charge in [-0.25, -0.2) is 0 Å². The number of fused-ring (bicyclic) bond motifs is 1. The molecule has 1 saturated carbocycles. The van der Waals surface area contributed by atoms with Crippen LogP contribution in [0.3, 0.4) is 0 Å². The number of rotatable bonds is 2. The number of piperidine rings is 2. The summed E-state index contributed by atoms with van der Waals surface area (Å²) in [4.78, 5) is 0. The van der Waals surface area contributed by atoms with Crippen LogP contribution in [0, 0.1) is 17.8 Å². The molecule has 5 atom stereocenters. The lowest BCUT2D eigenvalue weighted by atomic mass is 9.66. The molecule has 2 nitrogen and oxygen atoms in total. The van der Waals surface area contributed by atoms with Crippen molar-refractivity contribution < 1.29 is 0 Å². The van der Waals surface area contributed by atoms with Gasteiger partial charge in [-0.3, -0.25) is 0 Å². The summed E-state index contributed by atoms with van der Waals surface area (Å²) < 4.78 is 0. The fourth-order valence-electron chi connectivity index (χ4n) is 4.78. The third-order valence-corrected chi connectivity index (χ3v) is 5.60. The Balaban J connectivity index is 1.60. The first-order chi connectivity index (χ1) is 8.83. The van der Waals surface area contributed by atoms with Gasteiger partial charge in [0.15, 0.2) is 0 Å². The Morgan fingerprint density at radius 3 is 2.67 bits per heavy atom. The molecule has 0 amide bonds. The lowest BCUT2D eigenvalue weighted by molar-refractivity contribution is 0.0890. The van der Waals surface area contributed by atoms with Crippen LogP contribution in [0.4, 0.5) is 0 Å². The third kappa shape index (κ3) is 2.91.